The Morgan fingerprint density at radius 3 is 2.64 bits per heavy atom. The molecule has 1 aliphatic heterocycles. The Balaban J connectivity index is 2.12. The molecule has 1 aromatic heterocycles. The molecule has 0 spiro atoms. The summed E-state index contributed by atoms with van der Waals surface area (Å²) in [7, 11) is 0. The van der Waals surface area contributed by atoms with Gasteiger partial charge in [-0.25, -0.2) is 4.39 Å². The van der Waals surface area contributed by atoms with E-state index in [0.29, 0.717) is 25.9 Å². The van der Waals surface area contributed by atoms with Crippen LogP contribution in [0.3, 0.4) is 0 Å². The maximum absolute atomic E-state index is 12.8. The van der Waals surface area contributed by atoms with Crippen LogP contribution >= 0.6 is 0 Å². The van der Waals surface area contributed by atoms with Crippen LogP contribution in [0.4, 0.5) is 10.1 Å². The minimum Gasteiger partial charge on any atom is -0.369 e. The molecule has 1 saturated heterocycles. The predicted octanol–water partition coefficient (Wildman–Crippen LogP) is 1.39. The molecule has 14 heavy (non-hydrogen) atoms. The summed E-state index contributed by atoms with van der Waals surface area (Å²) in [5.41, 5.74) is 0.762. The lowest BCUT2D eigenvalue weighted by molar-refractivity contribution is -0.119. The molecule has 1 aromatic rings. The summed E-state index contributed by atoms with van der Waals surface area (Å²) in [6.07, 6.45) is 3.91. The summed E-state index contributed by atoms with van der Waals surface area (Å²) >= 11 is 0. The smallest absolute Gasteiger partial charge is 0.143 e. The number of anilines is 1. The average Bonchev–Trinajstić information content (AvgIpc) is 2.19. The molecule has 0 unspecified atom stereocenters. The molecule has 1 aliphatic rings. The fourth-order valence-electron chi connectivity index (χ4n) is 1.59. The molecular formula is C10H11FN2O. The number of carbonyl (C=O) groups excluding carboxylic acids is 1. The zero-order valence-corrected chi connectivity index (χ0v) is 7.74. The molecule has 0 radical (unpaired) electrons. The normalized spacial score (nSPS) is 17.2. The first-order chi connectivity index (χ1) is 6.75. The van der Waals surface area contributed by atoms with E-state index in [2.05, 4.69) is 4.98 Å². The Labute approximate surface area is 81.6 Å². The van der Waals surface area contributed by atoms with Crippen molar-refractivity contribution in [1.29, 1.82) is 0 Å². The molecule has 0 N–H and O–H groups in total. The Morgan fingerprint density at radius 1 is 1.29 bits per heavy atom. The SMILES string of the molecule is O=C1CCN(c2cncc(F)c2)CC1. The standard InChI is InChI=1S/C10H11FN2O/c11-8-5-9(7-12-6-8)13-3-1-10(14)2-4-13/h5-7H,1-4H2. The third-order valence-corrected chi connectivity index (χ3v) is 2.38. The number of pyridine rings is 1. The van der Waals surface area contributed by atoms with E-state index in [1.807, 2.05) is 4.90 Å². The van der Waals surface area contributed by atoms with Crippen LogP contribution in [0.15, 0.2) is 18.5 Å². The first-order valence-electron chi connectivity index (χ1n) is 4.63. The number of hydrogen-bond donors (Lipinski definition) is 0. The minimum atomic E-state index is -0.334. The summed E-state index contributed by atoms with van der Waals surface area (Å²) in [5.74, 6) is -0.0509. The van der Waals surface area contributed by atoms with Gasteiger partial charge in [0.2, 0.25) is 0 Å². The lowest BCUT2D eigenvalue weighted by atomic mass is 10.1. The van der Waals surface area contributed by atoms with Crippen molar-refractivity contribution in [2.45, 2.75) is 12.8 Å². The highest BCUT2D eigenvalue weighted by atomic mass is 19.1. The van der Waals surface area contributed by atoms with Crippen molar-refractivity contribution >= 4 is 11.5 Å². The van der Waals surface area contributed by atoms with E-state index in [4.69, 9.17) is 0 Å². The van der Waals surface area contributed by atoms with Crippen LogP contribution in [0.5, 0.6) is 0 Å². The summed E-state index contributed by atoms with van der Waals surface area (Å²) < 4.78 is 12.8. The molecular weight excluding hydrogens is 183 g/mol. The zero-order valence-electron chi connectivity index (χ0n) is 7.74. The number of rotatable bonds is 1. The Hall–Kier alpha value is -1.45. The van der Waals surface area contributed by atoms with Crippen molar-refractivity contribution in [2.75, 3.05) is 18.0 Å². The quantitative estimate of drug-likeness (QED) is 0.677. The molecule has 74 valence electrons. The number of halogens is 1. The van der Waals surface area contributed by atoms with Crippen LogP contribution in [0.1, 0.15) is 12.8 Å². The van der Waals surface area contributed by atoms with E-state index in [9.17, 15) is 9.18 Å². The molecule has 0 aromatic carbocycles. The Morgan fingerprint density at radius 2 is 2.00 bits per heavy atom. The summed E-state index contributed by atoms with van der Waals surface area (Å²) in [6, 6.07) is 1.45. The van der Waals surface area contributed by atoms with Gasteiger partial charge in [-0.2, -0.15) is 0 Å². The van der Waals surface area contributed by atoms with Gasteiger partial charge in [0.25, 0.3) is 0 Å². The van der Waals surface area contributed by atoms with Gasteiger partial charge in [-0.3, -0.25) is 9.78 Å². The highest BCUT2D eigenvalue weighted by molar-refractivity contribution is 5.80. The van der Waals surface area contributed by atoms with Gasteiger partial charge in [0, 0.05) is 32.0 Å². The van der Waals surface area contributed by atoms with Gasteiger partial charge < -0.3 is 4.90 Å². The van der Waals surface area contributed by atoms with Gasteiger partial charge in [0.15, 0.2) is 0 Å². The largest absolute Gasteiger partial charge is 0.369 e. The highest BCUT2D eigenvalue weighted by Crippen LogP contribution is 2.17. The lowest BCUT2D eigenvalue weighted by Gasteiger charge is -2.27. The molecule has 2 heterocycles. The van der Waals surface area contributed by atoms with Crippen LogP contribution in [-0.4, -0.2) is 23.9 Å². The molecule has 0 saturated carbocycles. The van der Waals surface area contributed by atoms with Crippen molar-refractivity contribution in [3.8, 4) is 0 Å². The molecule has 0 amide bonds. The molecule has 4 heteroatoms. The van der Waals surface area contributed by atoms with Gasteiger partial charge in [-0.05, 0) is 0 Å². The third-order valence-electron chi connectivity index (χ3n) is 2.38. The fraction of sp³-hybridized carbons (Fsp3) is 0.400. The van der Waals surface area contributed by atoms with Crippen LogP contribution < -0.4 is 4.90 Å². The van der Waals surface area contributed by atoms with Gasteiger partial charge in [-0.15, -0.1) is 0 Å². The monoisotopic (exact) mass is 194 g/mol. The van der Waals surface area contributed by atoms with Gasteiger partial charge in [0.1, 0.15) is 11.6 Å². The van der Waals surface area contributed by atoms with Crippen LogP contribution in [0, 0.1) is 5.82 Å². The van der Waals surface area contributed by atoms with Crippen molar-refractivity contribution in [3.05, 3.63) is 24.3 Å². The molecule has 3 nitrogen and oxygen atoms in total. The number of hydrogen-bond acceptors (Lipinski definition) is 3. The molecule has 0 aliphatic carbocycles. The van der Waals surface area contributed by atoms with Crippen molar-refractivity contribution in [1.82, 2.24) is 4.98 Å². The first-order valence-corrected chi connectivity index (χ1v) is 4.63. The lowest BCUT2D eigenvalue weighted by Crippen LogP contribution is -2.33. The van der Waals surface area contributed by atoms with Crippen LogP contribution in [-0.2, 0) is 4.79 Å². The van der Waals surface area contributed by atoms with Crippen molar-refractivity contribution < 1.29 is 9.18 Å². The Kier molecular flexibility index (Phi) is 2.43. The van der Waals surface area contributed by atoms with Gasteiger partial charge in [-0.1, -0.05) is 0 Å². The van der Waals surface area contributed by atoms with Crippen LogP contribution in [0.25, 0.3) is 0 Å². The number of Topliss-reactive ketones (excluding diaryl/α,β-unsaturated/α-hetero) is 1. The number of carbonyl (C=O) groups is 1. The van der Waals surface area contributed by atoms with E-state index >= 15 is 0 Å². The van der Waals surface area contributed by atoms with E-state index < -0.39 is 0 Å². The topological polar surface area (TPSA) is 33.2 Å². The van der Waals surface area contributed by atoms with E-state index in [1.165, 1.54) is 12.3 Å². The number of piperidine rings is 1. The summed E-state index contributed by atoms with van der Waals surface area (Å²) in [5, 5.41) is 0. The summed E-state index contributed by atoms with van der Waals surface area (Å²) in [4.78, 5) is 16.8. The number of aromatic nitrogens is 1. The molecule has 0 atom stereocenters. The van der Waals surface area contributed by atoms with Crippen LogP contribution in [0.2, 0.25) is 0 Å². The maximum atomic E-state index is 12.8. The second-order valence-electron chi connectivity index (χ2n) is 3.39. The van der Waals surface area contributed by atoms with Crippen molar-refractivity contribution in [2.24, 2.45) is 0 Å². The average molecular weight is 194 g/mol. The summed E-state index contributed by atoms with van der Waals surface area (Å²) in [6.45, 7) is 1.34. The predicted molar refractivity (Wildman–Crippen MR) is 50.6 cm³/mol. The van der Waals surface area contributed by atoms with E-state index in [1.54, 1.807) is 6.20 Å². The Bertz CT molecular complexity index is 344. The first kappa shape index (κ1) is 9.12. The highest BCUT2D eigenvalue weighted by Gasteiger charge is 2.16. The molecule has 1 fully saturated rings. The molecule has 0 bridgehead atoms. The fourth-order valence-corrected chi connectivity index (χ4v) is 1.59. The number of ketones is 1. The van der Waals surface area contributed by atoms with Gasteiger partial charge in [0.05, 0.1) is 18.1 Å². The molecule has 2 rings (SSSR count). The minimum absolute atomic E-state index is 0.283. The zero-order chi connectivity index (χ0) is 9.97. The maximum Gasteiger partial charge on any atom is 0.143 e. The van der Waals surface area contributed by atoms with Crippen molar-refractivity contribution in [3.63, 3.8) is 0 Å². The van der Waals surface area contributed by atoms with E-state index in [0.717, 1.165) is 5.69 Å². The second-order valence-corrected chi connectivity index (χ2v) is 3.39. The van der Waals surface area contributed by atoms with E-state index in [-0.39, 0.29) is 11.6 Å². The second kappa shape index (κ2) is 3.74. The number of nitrogens with zero attached hydrogens (tertiary/aromatic N) is 2. The van der Waals surface area contributed by atoms with Gasteiger partial charge >= 0.3 is 0 Å². The third kappa shape index (κ3) is 1.89.